The van der Waals surface area contributed by atoms with Crippen LogP contribution in [0.2, 0.25) is 0 Å². The van der Waals surface area contributed by atoms with E-state index in [0.717, 1.165) is 24.2 Å². The summed E-state index contributed by atoms with van der Waals surface area (Å²) in [5.74, 6) is 1.16. The Morgan fingerprint density at radius 2 is 1.87 bits per heavy atom. The maximum atomic E-state index is 12.2. The standard InChI is InChI=1S/C18H28N2O3/c1-13(2)23-17-6-4-15(5-7-17)12-19-18(22)20-10-8-16(9-11-20)14(3)21/h4-7,13-14,16,21H,8-12H2,1-3H3,(H,19,22). The van der Waals surface area contributed by atoms with Crippen molar-refractivity contribution in [3.8, 4) is 5.75 Å². The predicted octanol–water partition coefficient (Wildman–Crippen LogP) is 2.78. The van der Waals surface area contributed by atoms with E-state index in [2.05, 4.69) is 5.32 Å². The van der Waals surface area contributed by atoms with Gasteiger partial charge in [0.05, 0.1) is 12.2 Å². The second kappa shape index (κ2) is 8.20. The Morgan fingerprint density at radius 1 is 1.26 bits per heavy atom. The molecule has 5 nitrogen and oxygen atoms in total. The minimum absolute atomic E-state index is 0.0310. The molecule has 0 saturated carbocycles. The number of nitrogens with zero attached hydrogens (tertiary/aromatic N) is 1. The van der Waals surface area contributed by atoms with Gasteiger partial charge in [0.2, 0.25) is 0 Å². The summed E-state index contributed by atoms with van der Waals surface area (Å²) in [4.78, 5) is 14.0. The number of amides is 2. The zero-order valence-corrected chi connectivity index (χ0v) is 14.3. The molecule has 1 aliphatic rings. The van der Waals surface area contributed by atoms with Crippen molar-refractivity contribution in [2.24, 2.45) is 5.92 Å². The van der Waals surface area contributed by atoms with Gasteiger partial charge in [0.25, 0.3) is 0 Å². The lowest BCUT2D eigenvalue weighted by Gasteiger charge is -2.33. The lowest BCUT2D eigenvalue weighted by atomic mass is 9.92. The molecule has 1 aliphatic heterocycles. The lowest BCUT2D eigenvalue weighted by molar-refractivity contribution is 0.0798. The fraction of sp³-hybridized carbons (Fsp3) is 0.611. The number of piperidine rings is 1. The number of carbonyl (C=O) groups excluding carboxylic acids is 1. The first-order chi connectivity index (χ1) is 11.0. The number of benzene rings is 1. The van der Waals surface area contributed by atoms with E-state index in [1.54, 1.807) is 0 Å². The third-order valence-corrected chi connectivity index (χ3v) is 4.25. The van der Waals surface area contributed by atoms with Gasteiger partial charge < -0.3 is 20.1 Å². The highest BCUT2D eigenvalue weighted by molar-refractivity contribution is 5.74. The molecule has 5 heteroatoms. The Labute approximate surface area is 138 Å². The molecule has 0 radical (unpaired) electrons. The van der Waals surface area contributed by atoms with Gasteiger partial charge in [-0.1, -0.05) is 12.1 Å². The van der Waals surface area contributed by atoms with Gasteiger partial charge in [-0.25, -0.2) is 4.79 Å². The van der Waals surface area contributed by atoms with Gasteiger partial charge >= 0.3 is 6.03 Å². The van der Waals surface area contributed by atoms with Gasteiger partial charge in [-0.05, 0) is 57.2 Å². The van der Waals surface area contributed by atoms with Gasteiger partial charge in [0.15, 0.2) is 0 Å². The van der Waals surface area contributed by atoms with Crippen LogP contribution in [0.25, 0.3) is 0 Å². The van der Waals surface area contributed by atoms with Gasteiger partial charge in [0.1, 0.15) is 5.75 Å². The van der Waals surface area contributed by atoms with Crippen molar-refractivity contribution in [2.45, 2.75) is 52.4 Å². The van der Waals surface area contributed by atoms with Crippen LogP contribution in [0, 0.1) is 5.92 Å². The molecule has 0 aromatic heterocycles. The highest BCUT2D eigenvalue weighted by Crippen LogP contribution is 2.20. The zero-order chi connectivity index (χ0) is 16.8. The summed E-state index contributed by atoms with van der Waals surface area (Å²) in [6, 6.07) is 7.76. The van der Waals surface area contributed by atoms with E-state index in [9.17, 15) is 9.90 Å². The molecular formula is C18H28N2O3. The maximum Gasteiger partial charge on any atom is 0.317 e. The predicted molar refractivity (Wildman–Crippen MR) is 90.4 cm³/mol. The number of hydrogen-bond donors (Lipinski definition) is 2. The van der Waals surface area contributed by atoms with Gasteiger partial charge in [-0.2, -0.15) is 0 Å². The topological polar surface area (TPSA) is 61.8 Å². The molecular weight excluding hydrogens is 292 g/mol. The molecule has 1 fully saturated rings. The van der Waals surface area contributed by atoms with Crippen LogP contribution in [-0.4, -0.2) is 41.3 Å². The van der Waals surface area contributed by atoms with E-state index >= 15 is 0 Å². The number of urea groups is 1. The second-order valence-electron chi connectivity index (χ2n) is 6.53. The number of carbonyl (C=O) groups is 1. The van der Waals surface area contributed by atoms with Crippen LogP contribution >= 0.6 is 0 Å². The summed E-state index contributed by atoms with van der Waals surface area (Å²) in [6.45, 7) is 7.75. The molecule has 2 amide bonds. The van der Waals surface area contributed by atoms with Crippen molar-refractivity contribution >= 4 is 6.03 Å². The number of nitrogens with one attached hydrogen (secondary N) is 1. The summed E-state index contributed by atoms with van der Waals surface area (Å²) < 4.78 is 5.60. The lowest BCUT2D eigenvalue weighted by Crippen LogP contribution is -2.45. The van der Waals surface area contributed by atoms with E-state index in [1.807, 2.05) is 49.9 Å². The van der Waals surface area contributed by atoms with E-state index in [0.29, 0.717) is 25.6 Å². The van der Waals surface area contributed by atoms with Crippen LogP contribution < -0.4 is 10.1 Å². The highest BCUT2D eigenvalue weighted by Gasteiger charge is 2.25. The molecule has 0 bridgehead atoms. The first-order valence-electron chi connectivity index (χ1n) is 8.42. The van der Waals surface area contributed by atoms with Crippen molar-refractivity contribution in [3.63, 3.8) is 0 Å². The first kappa shape index (κ1) is 17.6. The van der Waals surface area contributed by atoms with Gasteiger partial charge in [-0.15, -0.1) is 0 Å². The minimum atomic E-state index is -0.285. The molecule has 0 spiro atoms. The van der Waals surface area contributed by atoms with Gasteiger partial charge in [0, 0.05) is 19.6 Å². The average molecular weight is 320 g/mol. The van der Waals surface area contributed by atoms with Crippen LogP contribution in [0.3, 0.4) is 0 Å². The van der Waals surface area contributed by atoms with Crippen molar-refractivity contribution < 1.29 is 14.6 Å². The zero-order valence-electron chi connectivity index (χ0n) is 14.3. The summed E-state index contributed by atoms with van der Waals surface area (Å²) >= 11 is 0. The third-order valence-electron chi connectivity index (χ3n) is 4.25. The smallest absolute Gasteiger partial charge is 0.317 e. The largest absolute Gasteiger partial charge is 0.491 e. The van der Waals surface area contributed by atoms with Crippen LogP contribution in [0.1, 0.15) is 39.2 Å². The number of hydrogen-bond acceptors (Lipinski definition) is 3. The Hall–Kier alpha value is -1.75. The molecule has 1 unspecified atom stereocenters. The number of ether oxygens (including phenoxy) is 1. The van der Waals surface area contributed by atoms with E-state index < -0.39 is 0 Å². The fourth-order valence-electron chi connectivity index (χ4n) is 2.83. The monoisotopic (exact) mass is 320 g/mol. The van der Waals surface area contributed by atoms with Crippen LogP contribution in [0.15, 0.2) is 24.3 Å². The number of aliphatic hydroxyl groups is 1. The molecule has 2 N–H and O–H groups in total. The molecule has 1 saturated heterocycles. The second-order valence-corrected chi connectivity index (χ2v) is 6.53. The van der Waals surface area contributed by atoms with Crippen LogP contribution in [0.4, 0.5) is 4.79 Å². The number of aliphatic hydroxyl groups excluding tert-OH is 1. The Bertz CT molecular complexity index is 491. The average Bonchev–Trinajstić information content (AvgIpc) is 2.53. The molecule has 128 valence electrons. The van der Waals surface area contributed by atoms with E-state index in [4.69, 9.17) is 4.74 Å². The summed E-state index contributed by atoms with van der Waals surface area (Å²) in [6.07, 6.45) is 1.61. The minimum Gasteiger partial charge on any atom is -0.491 e. The normalized spacial score (nSPS) is 17.2. The van der Waals surface area contributed by atoms with E-state index in [1.165, 1.54) is 0 Å². The van der Waals surface area contributed by atoms with Gasteiger partial charge in [-0.3, -0.25) is 0 Å². The van der Waals surface area contributed by atoms with Crippen molar-refractivity contribution in [2.75, 3.05) is 13.1 Å². The Kier molecular flexibility index (Phi) is 6.28. The van der Waals surface area contributed by atoms with Crippen LogP contribution in [0.5, 0.6) is 5.75 Å². The molecule has 2 rings (SSSR count). The first-order valence-corrected chi connectivity index (χ1v) is 8.42. The summed E-state index contributed by atoms with van der Waals surface area (Å²) in [5, 5.41) is 12.6. The molecule has 1 aromatic carbocycles. The fourth-order valence-corrected chi connectivity index (χ4v) is 2.83. The molecule has 1 atom stereocenters. The van der Waals surface area contributed by atoms with Crippen molar-refractivity contribution in [3.05, 3.63) is 29.8 Å². The maximum absolute atomic E-state index is 12.2. The van der Waals surface area contributed by atoms with Crippen molar-refractivity contribution in [1.82, 2.24) is 10.2 Å². The number of rotatable bonds is 5. The van der Waals surface area contributed by atoms with Crippen LogP contribution in [-0.2, 0) is 6.54 Å². The SMILES string of the molecule is CC(C)Oc1ccc(CNC(=O)N2CCC(C(C)O)CC2)cc1. The third kappa shape index (κ3) is 5.43. The Morgan fingerprint density at radius 3 is 2.39 bits per heavy atom. The summed E-state index contributed by atoms with van der Waals surface area (Å²) in [7, 11) is 0. The molecule has 0 aliphatic carbocycles. The quantitative estimate of drug-likeness (QED) is 0.877. The number of likely N-dealkylation sites (tertiary alicyclic amines) is 1. The molecule has 1 heterocycles. The van der Waals surface area contributed by atoms with Crippen molar-refractivity contribution in [1.29, 1.82) is 0 Å². The summed E-state index contributed by atoms with van der Waals surface area (Å²) in [5.41, 5.74) is 1.05. The highest BCUT2D eigenvalue weighted by atomic mass is 16.5. The Balaban J connectivity index is 1.76. The van der Waals surface area contributed by atoms with E-state index in [-0.39, 0.29) is 18.2 Å². The molecule has 1 aromatic rings. The molecule has 23 heavy (non-hydrogen) atoms.